The van der Waals surface area contributed by atoms with Crippen molar-refractivity contribution in [3.05, 3.63) is 93.0 Å². The van der Waals surface area contributed by atoms with Gasteiger partial charge in [0.15, 0.2) is 10.6 Å². The van der Waals surface area contributed by atoms with Crippen LogP contribution in [0.5, 0.6) is 0 Å². The van der Waals surface area contributed by atoms with Gasteiger partial charge in [-0.1, -0.05) is 24.3 Å². The van der Waals surface area contributed by atoms with Gasteiger partial charge in [-0.25, -0.2) is 9.37 Å². The summed E-state index contributed by atoms with van der Waals surface area (Å²) < 4.78 is 19.2. The van der Waals surface area contributed by atoms with Crippen molar-refractivity contribution in [1.29, 1.82) is 0 Å². The summed E-state index contributed by atoms with van der Waals surface area (Å²) in [6.45, 7) is 0. The van der Waals surface area contributed by atoms with E-state index in [1.54, 1.807) is 48.0 Å². The lowest BCUT2D eigenvalue weighted by molar-refractivity contribution is 0.0971. The molecule has 0 N–H and O–H groups in total. The Labute approximate surface area is 156 Å². The maximum atomic E-state index is 13.4. The molecule has 132 valence electrons. The van der Waals surface area contributed by atoms with Crippen LogP contribution in [-0.2, 0) is 0 Å². The number of hydrogen-bond acceptors (Lipinski definition) is 5. The van der Waals surface area contributed by atoms with Crippen LogP contribution in [0.2, 0.25) is 0 Å². The molecular weight excluding hydrogens is 367 g/mol. The Morgan fingerprint density at radius 2 is 1.85 bits per heavy atom. The first-order valence-corrected chi connectivity index (χ1v) is 9.07. The quantitative estimate of drug-likeness (QED) is 0.526. The summed E-state index contributed by atoms with van der Waals surface area (Å²) in [6, 6.07) is 11.8. The average Bonchev–Trinajstić information content (AvgIpc) is 3.30. The zero-order chi connectivity index (χ0) is 18.5. The molecule has 5 rings (SSSR count). The first-order chi connectivity index (χ1) is 13.1. The number of anilines is 1. The van der Waals surface area contributed by atoms with E-state index in [4.69, 9.17) is 4.42 Å². The van der Waals surface area contributed by atoms with Gasteiger partial charge in [-0.2, -0.15) is 0 Å². The minimum atomic E-state index is -0.722. The molecule has 0 saturated carbocycles. The van der Waals surface area contributed by atoms with E-state index < -0.39 is 17.8 Å². The number of halogens is 1. The fourth-order valence-electron chi connectivity index (χ4n) is 3.41. The summed E-state index contributed by atoms with van der Waals surface area (Å²) in [5, 5.41) is 2.60. The zero-order valence-corrected chi connectivity index (χ0v) is 14.6. The third kappa shape index (κ3) is 2.32. The van der Waals surface area contributed by atoms with E-state index in [0.29, 0.717) is 21.7 Å². The number of benzene rings is 2. The van der Waals surface area contributed by atoms with Gasteiger partial charge in [-0.3, -0.25) is 14.5 Å². The van der Waals surface area contributed by atoms with Crippen LogP contribution in [0.25, 0.3) is 11.0 Å². The Balaban J connectivity index is 1.83. The van der Waals surface area contributed by atoms with Crippen LogP contribution in [0.4, 0.5) is 9.52 Å². The Morgan fingerprint density at radius 3 is 2.59 bits per heavy atom. The van der Waals surface area contributed by atoms with Crippen LogP contribution in [0.3, 0.4) is 0 Å². The Morgan fingerprint density at radius 1 is 1.07 bits per heavy atom. The molecule has 2 aromatic carbocycles. The van der Waals surface area contributed by atoms with Gasteiger partial charge in [-0.05, 0) is 29.8 Å². The van der Waals surface area contributed by atoms with Crippen LogP contribution in [0, 0.1) is 5.82 Å². The summed E-state index contributed by atoms with van der Waals surface area (Å²) in [4.78, 5) is 32.0. The molecule has 4 aromatic rings. The summed E-state index contributed by atoms with van der Waals surface area (Å²) in [5.74, 6) is -0.824. The smallest absolute Gasteiger partial charge is 0.297 e. The highest BCUT2D eigenvalue weighted by Crippen LogP contribution is 2.41. The largest absolute Gasteiger partial charge is 0.450 e. The van der Waals surface area contributed by atoms with E-state index in [9.17, 15) is 14.0 Å². The van der Waals surface area contributed by atoms with Crippen molar-refractivity contribution < 1.29 is 13.6 Å². The molecule has 5 nitrogen and oxygen atoms in total. The fourth-order valence-corrected chi connectivity index (χ4v) is 4.08. The highest BCUT2D eigenvalue weighted by molar-refractivity contribution is 7.13. The van der Waals surface area contributed by atoms with Gasteiger partial charge in [-0.15, -0.1) is 11.3 Å². The van der Waals surface area contributed by atoms with E-state index in [0.717, 1.165) is 0 Å². The molecule has 1 amide bonds. The van der Waals surface area contributed by atoms with E-state index >= 15 is 0 Å². The van der Waals surface area contributed by atoms with E-state index in [2.05, 4.69) is 4.98 Å². The zero-order valence-electron chi connectivity index (χ0n) is 13.8. The normalized spacial score (nSPS) is 16.1. The van der Waals surface area contributed by atoms with Crippen molar-refractivity contribution in [3.63, 3.8) is 0 Å². The standard InChI is InChI=1S/C20H11FN2O3S/c21-12-7-5-11(6-8-12)16-15-17(24)13-3-1-2-4-14(13)26-18(15)19(25)23(16)20-22-9-10-27-20/h1-10,16H/t16-/m1/s1. The minimum Gasteiger partial charge on any atom is -0.450 e. The van der Waals surface area contributed by atoms with Crippen LogP contribution in [-0.4, -0.2) is 10.9 Å². The van der Waals surface area contributed by atoms with E-state index in [1.807, 2.05) is 0 Å². The highest BCUT2D eigenvalue weighted by atomic mass is 32.1. The molecule has 7 heteroatoms. The van der Waals surface area contributed by atoms with Gasteiger partial charge in [0.2, 0.25) is 5.76 Å². The monoisotopic (exact) mass is 378 g/mol. The lowest BCUT2D eigenvalue weighted by Gasteiger charge is -2.22. The topological polar surface area (TPSA) is 63.4 Å². The predicted molar refractivity (Wildman–Crippen MR) is 99.7 cm³/mol. The van der Waals surface area contributed by atoms with E-state index in [-0.39, 0.29) is 16.8 Å². The molecule has 1 aliphatic rings. The van der Waals surface area contributed by atoms with Crippen molar-refractivity contribution in [1.82, 2.24) is 4.98 Å². The number of para-hydroxylation sites is 1. The number of fused-ring (bicyclic) bond motifs is 2. The van der Waals surface area contributed by atoms with Crippen molar-refractivity contribution >= 4 is 33.3 Å². The van der Waals surface area contributed by atoms with Crippen LogP contribution < -0.4 is 10.3 Å². The van der Waals surface area contributed by atoms with Gasteiger partial charge in [0.25, 0.3) is 5.91 Å². The lowest BCUT2D eigenvalue weighted by Crippen LogP contribution is -2.29. The van der Waals surface area contributed by atoms with E-state index in [1.165, 1.54) is 28.4 Å². The van der Waals surface area contributed by atoms with Crippen molar-refractivity contribution in [3.8, 4) is 0 Å². The first-order valence-electron chi connectivity index (χ1n) is 8.19. The van der Waals surface area contributed by atoms with Crippen molar-refractivity contribution in [2.45, 2.75) is 6.04 Å². The molecule has 1 aliphatic heterocycles. The Kier molecular flexibility index (Phi) is 3.45. The SMILES string of the molecule is O=C1c2oc3ccccc3c(=O)c2[C@@H](c2ccc(F)cc2)N1c1nccs1. The van der Waals surface area contributed by atoms with Crippen LogP contribution in [0.1, 0.15) is 27.7 Å². The first kappa shape index (κ1) is 15.9. The second-order valence-electron chi connectivity index (χ2n) is 6.11. The number of hydrogen-bond donors (Lipinski definition) is 0. The Hall–Kier alpha value is -3.32. The lowest BCUT2D eigenvalue weighted by atomic mass is 9.99. The molecule has 0 fully saturated rings. The fraction of sp³-hybridized carbons (Fsp3) is 0.0500. The number of nitrogens with zero attached hydrogens (tertiary/aromatic N) is 2. The molecule has 2 aromatic heterocycles. The number of amides is 1. The maximum Gasteiger partial charge on any atom is 0.297 e. The summed E-state index contributed by atoms with van der Waals surface area (Å²) in [7, 11) is 0. The maximum absolute atomic E-state index is 13.4. The highest BCUT2D eigenvalue weighted by Gasteiger charge is 2.44. The third-order valence-electron chi connectivity index (χ3n) is 4.59. The molecular formula is C20H11FN2O3S. The second kappa shape index (κ2) is 5.85. The van der Waals surface area contributed by atoms with Crippen molar-refractivity contribution in [2.24, 2.45) is 0 Å². The molecule has 1 atom stereocenters. The molecule has 0 unspecified atom stereocenters. The average molecular weight is 378 g/mol. The summed E-state index contributed by atoms with van der Waals surface area (Å²) in [5.41, 5.74) is 0.948. The number of rotatable bonds is 2. The molecule has 0 radical (unpaired) electrons. The molecule has 3 heterocycles. The number of thiazole rings is 1. The number of aromatic nitrogens is 1. The molecule has 0 spiro atoms. The number of carbonyl (C=O) groups excluding carboxylic acids is 1. The molecule has 27 heavy (non-hydrogen) atoms. The van der Waals surface area contributed by atoms with Gasteiger partial charge < -0.3 is 4.42 Å². The van der Waals surface area contributed by atoms with Crippen LogP contribution >= 0.6 is 11.3 Å². The summed E-state index contributed by atoms with van der Waals surface area (Å²) >= 11 is 1.28. The van der Waals surface area contributed by atoms with Crippen LogP contribution in [0.15, 0.2) is 69.3 Å². The molecule has 0 aliphatic carbocycles. The van der Waals surface area contributed by atoms with Gasteiger partial charge in [0, 0.05) is 11.6 Å². The summed E-state index contributed by atoms with van der Waals surface area (Å²) in [6.07, 6.45) is 1.59. The predicted octanol–water partition coefficient (Wildman–Crippen LogP) is 4.14. The number of carbonyl (C=O) groups is 1. The second-order valence-corrected chi connectivity index (χ2v) is 6.99. The van der Waals surface area contributed by atoms with Gasteiger partial charge in [0.05, 0.1) is 17.0 Å². The molecule has 0 saturated heterocycles. The molecule has 0 bridgehead atoms. The van der Waals surface area contributed by atoms with Gasteiger partial charge >= 0.3 is 0 Å². The third-order valence-corrected chi connectivity index (χ3v) is 5.36. The van der Waals surface area contributed by atoms with Gasteiger partial charge in [0.1, 0.15) is 11.4 Å². The Bertz CT molecular complexity index is 1230. The van der Waals surface area contributed by atoms with Crippen molar-refractivity contribution in [2.75, 3.05) is 4.90 Å². The minimum absolute atomic E-state index is 0.00299.